The van der Waals surface area contributed by atoms with Crippen LogP contribution in [0.4, 0.5) is 0 Å². The Kier molecular flexibility index (Phi) is 4.07. The van der Waals surface area contributed by atoms with Crippen molar-refractivity contribution in [2.24, 2.45) is 0 Å². The summed E-state index contributed by atoms with van der Waals surface area (Å²) in [7, 11) is 0. The molecule has 0 bridgehead atoms. The van der Waals surface area contributed by atoms with Gasteiger partial charge in [-0.1, -0.05) is 0 Å². The molecule has 18 heavy (non-hydrogen) atoms. The average Bonchev–Trinajstić information content (AvgIpc) is 2.59. The molecule has 0 spiro atoms. The van der Waals surface area contributed by atoms with Gasteiger partial charge in [-0.25, -0.2) is 0 Å². The predicted molar refractivity (Wildman–Crippen MR) is 72.7 cm³/mol. The molecule has 98 valence electrons. The van der Waals surface area contributed by atoms with Gasteiger partial charge in [-0.15, -0.1) is 11.3 Å². The second-order valence-electron chi connectivity index (χ2n) is 4.64. The molecule has 1 amide bonds. The highest BCUT2D eigenvalue weighted by molar-refractivity contribution is 9.11. The van der Waals surface area contributed by atoms with Crippen LogP contribution >= 0.6 is 27.3 Å². The SMILES string of the molecule is O=C(O)CC1(NC(=O)Cc2ccc(Br)s2)CCC1. The first-order chi connectivity index (χ1) is 8.49. The molecule has 0 unspecified atom stereocenters. The van der Waals surface area contributed by atoms with Crippen LogP contribution in [0.25, 0.3) is 0 Å². The summed E-state index contributed by atoms with van der Waals surface area (Å²) in [4.78, 5) is 23.7. The normalized spacial score (nSPS) is 16.9. The number of carboxylic acids is 1. The number of carbonyl (C=O) groups excluding carboxylic acids is 1. The quantitative estimate of drug-likeness (QED) is 0.871. The van der Waals surface area contributed by atoms with Crippen molar-refractivity contribution in [1.82, 2.24) is 5.32 Å². The van der Waals surface area contributed by atoms with Crippen molar-refractivity contribution in [2.45, 2.75) is 37.6 Å². The topological polar surface area (TPSA) is 66.4 Å². The van der Waals surface area contributed by atoms with E-state index in [-0.39, 0.29) is 12.3 Å². The van der Waals surface area contributed by atoms with Crippen molar-refractivity contribution in [3.05, 3.63) is 20.8 Å². The van der Waals surface area contributed by atoms with Crippen molar-refractivity contribution < 1.29 is 14.7 Å². The zero-order valence-electron chi connectivity index (χ0n) is 9.74. The van der Waals surface area contributed by atoms with Gasteiger partial charge in [0, 0.05) is 4.88 Å². The van der Waals surface area contributed by atoms with E-state index in [1.165, 1.54) is 11.3 Å². The van der Waals surface area contributed by atoms with Crippen LogP contribution < -0.4 is 5.32 Å². The van der Waals surface area contributed by atoms with E-state index in [1.54, 1.807) is 0 Å². The third-order valence-electron chi connectivity index (χ3n) is 3.17. The number of hydrogen-bond acceptors (Lipinski definition) is 3. The largest absolute Gasteiger partial charge is 0.481 e. The number of aliphatic carboxylic acids is 1. The van der Waals surface area contributed by atoms with Crippen molar-refractivity contribution in [3.63, 3.8) is 0 Å². The van der Waals surface area contributed by atoms with E-state index < -0.39 is 11.5 Å². The van der Waals surface area contributed by atoms with Gasteiger partial charge in [0.05, 0.1) is 22.2 Å². The lowest BCUT2D eigenvalue weighted by molar-refractivity contribution is -0.140. The number of thiophene rings is 1. The molecule has 1 aliphatic rings. The maximum atomic E-state index is 11.9. The molecule has 0 aliphatic heterocycles. The summed E-state index contributed by atoms with van der Waals surface area (Å²) < 4.78 is 0.995. The van der Waals surface area contributed by atoms with Gasteiger partial charge in [0.15, 0.2) is 0 Å². The van der Waals surface area contributed by atoms with Crippen LogP contribution in [0.3, 0.4) is 0 Å². The zero-order chi connectivity index (χ0) is 13.2. The second-order valence-corrected chi connectivity index (χ2v) is 7.18. The fourth-order valence-electron chi connectivity index (χ4n) is 2.18. The number of nitrogens with one attached hydrogen (secondary N) is 1. The lowest BCUT2D eigenvalue weighted by Gasteiger charge is -2.41. The van der Waals surface area contributed by atoms with E-state index in [4.69, 9.17) is 5.11 Å². The monoisotopic (exact) mass is 331 g/mol. The molecular weight excluding hydrogens is 318 g/mol. The third kappa shape index (κ3) is 3.32. The lowest BCUT2D eigenvalue weighted by Crippen LogP contribution is -2.55. The lowest BCUT2D eigenvalue weighted by atomic mass is 9.74. The Balaban J connectivity index is 1.91. The van der Waals surface area contributed by atoms with Gasteiger partial charge in [0.2, 0.25) is 5.91 Å². The van der Waals surface area contributed by atoms with Gasteiger partial charge < -0.3 is 10.4 Å². The Hall–Kier alpha value is -0.880. The van der Waals surface area contributed by atoms with Gasteiger partial charge in [-0.2, -0.15) is 0 Å². The number of rotatable bonds is 5. The summed E-state index contributed by atoms with van der Waals surface area (Å²) in [5.41, 5.74) is -0.503. The van der Waals surface area contributed by atoms with Crippen molar-refractivity contribution in [1.29, 1.82) is 0 Å². The third-order valence-corrected chi connectivity index (χ3v) is 4.79. The van der Waals surface area contributed by atoms with Crippen LogP contribution in [-0.2, 0) is 16.0 Å². The predicted octanol–water partition coefficient (Wildman–Crippen LogP) is 2.57. The number of hydrogen-bond donors (Lipinski definition) is 2. The highest BCUT2D eigenvalue weighted by atomic mass is 79.9. The van der Waals surface area contributed by atoms with Crippen LogP contribution in [0.15, 0.2) is 15.9 Å². The minimum atomic E-state index is -0.853. The molecule has 1 heterocycles. The molecule has 0 radical (unpaired) electrons. The van der Waals surface area contributed by atoms with E-state index in [0.29, 0.717) is 6.42 Å². The summed E-state index contributed by atoms with van der Waals surface area (Å²) in [5.74, 6) is -0.945. The highest BCUT2D eigenvalue weighted by Gasteiger charge is 2.40. The van der Waals surface area contributed by atoms with Crippen LogP contribution in [0.5, 0.6) is 0 Å². The molecule has 1 saturated carbocycles. The smallest absolute Gasteiger partial charge is 0.305 e. The number of carbonyl (C=O) groups is 2. The van der Waals surface area contributed by atoms with Gasteiger partial charge >= 0.3 is 5.97 Å². The molecular formula is C12H14BrNO3S. The maximum Gasteiger partial charge on any atom is 0.305 e. The molecule has 0 atom stereocenters. The zero-order valence-corrected chi connectivity index (χ0v) is 12.1. The Bertz CT molecular complexity index is 468. The summed E-state index contributed by atoms with van der Waals surface area (Å²) in [6.45, 7) is 0. The van der Waals surface area contributed by atoms with Crippen molar-refractivity contribution in [2.75, 3.05) is 0 Å². The number of amides is 1. The molecule has 1 fully saturated rings. The molecule has 1 aliphatic carbocycles. The van der Waals surface area contributed by atoms with Gasteiger partial charge in [-0.3, -0.25) is 9.59 Å². The average molecular weight is 332 g/mol. The van der Waals surface area contributed by atoms with E-state index >= 15 is 0 Å². The first-order valence-corrected chi connectivity index (χ1v) is 7.37. The molecule has 0 saturated heterocycles. The molecule has 4 nitrogen and oxygen atoms in total. The number of halogens is 1. The molecule has 2 rings (SSSR count). The van der Waals surface area contributed by atoms with Crippen molar-refractivity contribution in [3.8, 4) is 0 Å². The van der Waals surface area contributed by atoms with E-state index in [2.05, 4.69) is 21.2 Å². The van der Waals surface area contributed by atoms with Crippen LogP contribution in [0.1, 0.15) is 30.6 Å². The Morgan fingerprint density at radius 2 is 2.17 bits per heavy atom. The Morgan fingerprint density at radius 3 is 2.61 bits per heavy atom. The van der Waals surface area contributed by atoms with Crippen LogP contribution in [0, 0.1) is 0 Å². The maximum absolute atomic E-state index is 11.9. The first kappa shape index (κ1) is 13.5. The molecule has 6 heteroatoms. The molecule has 2 N–H and O–H groups in total. The fraction of sp³-hybridized carbons (Fsp3) is 0.500. The second kappa shape index (κ2) is 5.40. The Labute approximate surface area is 118 Å². The standard InChI is InChI=1S/C12H14BrNO3S/c13-9-3-2-8(18-9)6-10(15)14-12(4-1-5-12)7-11(16)17/h2-3H,1,4-7H2,(H,14,15)(H,16,17). The highest BCUT2D eigenvalue weighted by Crippen LogP contribution is 2.35. The minimum Gasteiger partial charge on any atom is -0.481 e. The van der Waals surface area contributed by atoms with Gasteiger partial charge in [0.25, 0.3) is 0 Å². The van der Waals surface area contributed by atoms with Gasteiger partial charge in [0.1, 0.15) is 0 Å². The van der Waals surface area contributed by atoms with Crippen molar-refractivity contribution >= 4 is 39.1 Å². The van der Waals surface area contributed by atoms with Gasteiger partial charge in [-0.05, 0) is 47.3 Å². The molecule has 1 aromatic heterocycles. The Morgan fingerprint density at radius 1 is 1.44 bits per heavy atom. The van der Waals surface area contributed by atoms with Crippen LogP contribution in [-0.4, -0.2) is 22.5 Å². The first-order valence-electron chi connectivity index (χ1n) is 5.76. The number of carboxylic acid groups (broad SMARTS) is 1. The van der Waals surface area contributed by atoms with E-state index in [9.17, 15) is 9.59 Å². The fourth-order valence-corrected chi connectivity index (χ4v) is 3.67. The minimum absolute atomic E-state index is 0.0207. The van der Waals surface area contributed by atoms with E-state index in [0.717, 1.165) is 27.9 Å². The summed E-state index contributed by atoms with van der Waals surface area (Å²) >= 11 is 4.87. The van der Waals surface area contributed by atoms with Crippen LogP contribution in [0.2, 0.25) is 0 Å². The molecule has 0 aromatic carbocycles. The summed E-state index contributed by atoms with van der Waals surface area (Å²) in [6.07, 6.45) is 2.85. The summed E-state index contributed by atoms with van der Waals surface area (Å²) in [5, 5.41) is 11.8. The van der Waals surface area contributed by atoms with E-state index in [1.807, 2.05) is 12.1 Å². The molecule has 1 aromatic rings. The summed E-state index contributed by atoms with van der Waals surface area (Å²) in [6, 6.07) is 3.81.